The van der Waals surface area contributed by atoms with Gasteiger partial charge in [0.2, 0.25) is 0 Å². The third kappa shape index (κ3) is 3.02. The van der Waals surface area contributed by atoms with Gasteiger partial charge in [-0.1, -0.05) is 60.7 Å². The van der Waals surface area contributed by atoms with Gasteiger partial charge in [-0.2, -0.15) is 0 Å². The Hall–Kier alpha value is -4.20. The predicted molar refractivity (Wildman–Crippen MR) is 144 cm³/mol. The molecule has 8 heteroatoms. The molecule has 4 heterocycles. The molecule has 212 valence electrons. The minimum Gasteiger partial charge on any atom is -0.489 e. The smallest absolute Gasteiger partial charge is 0.306 e. The van der Waals surface area contributed by atoms with Gasteiger partial charge in [0, 0.05) is 41.6 Å². The third-order valence-corrected chi connectivity index (χ3v) is 10.8. The van der Waals surface area contributed by atoms with Crippen LogP contribution in [0.2, 0.25) is 0 Å². The van der Waals surface area contributed by atoms with Crippen molar-refractivity contribution < 1.29 is 38.1 Å². The second-order valence-electron chi connectivity index (χ2n) is 12.6. The lowest BCUT2D eigenvalue weighted by atomic mass is 9.41. The van der Waals surface area contributed by atoms with Gasteiger partial charge >= 0.3 is 11.9 Å². The number of rotatable bonds is 2. The molecule has 1 saturated carbocycles. The molecule has 2 aromatic rings. The van der Waals surface area contributed by atoms with Gasteiger partial charge in [0.1, 0.15) is 41.3 Å². The van der Waals surface area contributed by atoms with Gasteiger partial charge in [-0.25, -0.2) is 0 Å². The van der Waals surface area contributed by atoms with Crippen LogP contribution in [-0.2, 0) is 38.1 Å². The first-order valence-electron chi connectivity index (χ1n) is 14.8. The Bertz CT molecular complexity index is 1630. The van der Waals surface area contributed by atoms with Crippen molar-refractivity contribution in [2.24, 2.45) is 35.0 Å². The Labute approximate surface area is 241 Å². The van der Waals surface area contributed by atoms with Gasteiger partial charge in [0.25, 0.3) is 0 Å². The summed E-state index contributed by atoms with van der Waals surface area (Å²) in [5, 5.41) is 0. The van der Waals surface area contributed by atoms with E-state index in [1.165, 1.54) is 0 Å². The lowest BCUT2D eigenvalue weighted by Crippen LogP contribution is -2.68. The van der Waals surface area contributed by atoms with Gasteiger partial charge < -0.3 is 18.9 Å². The van der Waals surface area contributed by atoms with Crippen LogP contribution in [0.25, 0.3) is 0 Å². The maximum atomic E-state index is 14.8. The second kappa shape index (κ2) is 8.43. The zero-order valence-corrected chi connectivity index (χ0v) is 22.6. The molecular weight excluding hydrogens is 536 g/mol. The Morgan fingerprint density at radius 2 is 1.31 bits per heavy atom. The van der Waals surface area contributed by atoms with Crippen LogP contribution in [0.15, 0.2) is 83.8 Å². The minimum absolute atomic E-state index is 0.0530. The molecule has 8 aliphatic rings. The highest BCUT2D eigenvalue weighted by Gasteiger charge is 2.77. The van der Waals surface area contributed by atoms with E-state index in [-0.39, 0.29) is 61.0 Å². The van der Waals surface area contributed by atoms with Crippen molar-refractivity contribution in [2.75, 3.05) is 0 Å². The molecule has 8 nitrogen and oxygen atoms in total. The topological polar surface area (TPSA) is 105 Å². The number of carbonyl (C=O) groups excluding carboxylic acids is 4. The fourth-order valence-electron chi connectivity index (χ4n) is 9.35. The van der Waals surface area contributed by atoms with Gasteiger partial charge in [-0.05, 0) is 17.2 Å². The van der Waals surface area contributed by atoms with Crippen LogP contribution in [0.4, 0.5) is 0 Å². The maximum Gasteiger partial charge on any atom is 0.306 e. The summed E-state index contributed by atoms with van der Waals surface area (Å²) in [5.41, 5.74) is 0.981. The minimum atomic E-state index is -1.26. The van der Waals surface area contributed by atoms with E-state index in [0.717, 1.165) is 11.1 Å². The molecule has 1 spiro atoms. The number of benzene rings is 2. The van der Waals surface area contributed by atoms with E-state index in [2.05, 4.69) is 0 Å². The number of Topliss-reactive ketones (excluding diaryl/α,β-unsaturated/α-hetero) is 2. The van der Waals surface area contributed by atoms with E-state index in [1.807, 2.05) is 66.7 Å². The summed E-state index contributed by atoms with van der Waals surface area (Å²) in [6, 6.07) is 19.3. The average Bonchev–Trinajstić information content (AvgIpc) is 3.60. The summed E-state index contributed by atoms with van der Waals surface area (Å²) in [6.07, 6.45) is 0.251. The van der Waals surface area contributed by atoms with E-state index in [9.17, 15) is 19.2 Å². The van der Waals surface area contributed by atoms with Crippen LogP contribution in [-0.4, -0.2) is 35.7 Å². The highest BCUT2D eigenvalue weighted by atomic mass is 16.6. The fourth-order valence-corrected chi connectivity index (χ4v) is 9.35. The van der Waals surface area contributed by atoms with E-state index < -0.39 is 47.6 Å². The van der Waals surface area contributed by atoms with Gasteiger partial charge in [0.15, 0.2) is 11.6 Å². The van der Waals surface area contributed by atoms with E-state index in [4.69, 9.17) is 18.9 Å². The first-order chi connectivity index (χ1) is 20.4. The molecule has 3 unspecified atom stereocenters. The molecule has 4 aliphatic carbocycles. The number of allylic oxidation sites excluding steroid dienone is 2. The number of hydrogen-bond donors (Lipinski definition) is 0. The van der Waals surface area contributed by atoms with Crippen LogP contribution in [0, 0.1) is 35.0 Å². The highest BCUT2D eigenvalue weighted by molar-refractivity contribution is 6.00. The van der Waals surface area contributed by atoms with Crippen LogP contribution in [0.5, 0.6) is 0 Å². The zero-order chi connectivity index (χ0) is 28.3. The normalized spacial score (nSPS) is 40.9. The second-order valence-corrected chi connectivity index (χ2v) is 12.6. The van der Waals surface area contributed by atoms with Crippen molar-refractivity contribution in [2.45, 2.75) is 50.1 Å². The Kier molecular flexibility index (Phi) is 4.90. The van der Waals surface area contributed by atoms with Gasteiger partial charge in [-0.3, -0.25) is 19.2 Å². The molecule has 0 radical (unpaired) electrons. The van der Waals surface area contributed by atoms with Crippen molar-refractivity contribution >= 4 is 23.5 Å². The highest BCUT2D eigenvalue weighted by Crippen LogP contribution is 2.71. The Morgan fingerprint density at radius 3 is 2.02 bits per heavy atom. The molecule has 0 aromatic heterocycles. The molecule has 42 heavy (non-hydrogen) atoms. The Balaban J connectivity index is 1.25. The van der Waals surface area contributed by atoms with Crippen molar-refractivity contribution in [1.82, 2.24) is 0 Å². The molecule has 3 saturated heterocycles. The molecule has 2 bridgehead atoms. The SMILES string of the molecule is O=C1C[C@@H]2C3=C(O[C@H](c4ccccc4)CC3=O)C3[C@@H](C4C=C5O[C@H](c6ccccc6)CC(=O)C53[C@H]3CC(=O)O[C@@H]43)[C@@H]2O1. The van der Waals surface area contributed by atoms with Crippen molar-refractivity contribution in [3.05, 3.63) is 95.0 Å². The first-order valence-corrected chi connectivity index (χ1v) is 14.8. The zero-order valence-electron chi connectivity index (χ0n) is 22.6. The number of ether oxygens (including phenoxy) is 4. The molecule has 2 aromatic carbocycles. The summed E-state index contributed by atoms with van der Waals surface area (Å²) in [6.45, 7) is 0. The summed E-state index contributed by atoms with van der Waals surface area (Å²) >= 11 is 0. The van der Waals surface area contributed by atoms with Gasteiger partial charge in [0.05, 0.1) is 19.3 Å². The predicted octanol–water partition coefficient (Wildman–Crippen LogP) is 4.33. The van der Waals surface area contributed by atoms with Crippen LogP contribution in [0.1, 0.15) is 49.0 Å². The van der Waals surface area contributed by atoms with Gasteiger partial charge in [-0.15, -0.1) is 0 Å². The fraction of sp³-hybridized carbons (Fsp3) is 0.412. The van der Waals surface area contributed by atoms with Crippen molar-refractivity contribution in [3.8, 4) is 0 Å². The van der Waals surface area contributed by atoms with Crippen LogP contribution in [0.3, 0.4) is 0 Å². The van der Waals surface area contributed by atoms with Crippen molar-refractivity contribution in [1.29, 1.82) is 0 Å². The molecule has 4 aliphatic heterocycles. The Morgan fingerprint density at radius 1 is 0.667 bits per heavy atom. The van der Waals surface area contributed by atoms with Crippen molar-refractivity contribution in [3.63, 3.8) is 0 Å². The largest absolute Gasteiger partial charge is 0.489 e. The van der Waals surface area contributed by atoms with Crippen LogP contribution < -0.4 is 0 Å². The number of hydrogen-bond acceptors (Lipinski definition) is 8. The molecule has 4 fully saturated rings. The van der Waals surface area contributed by atoms with E-state index in [1.54, 1.807) is 0 Å². The summed E-state index contributed by atoms with van der Waals surface area (Å²) in [4.78, 5) is 54.4. The molecular formula is C34H28O8. The first kappa shape index (κ1) is 24.4. The maximum absolute atomic E-state index is 14.8. The summed E-state index contributed by atoms with van der Waals surface area (Å²) < 4.78 is 25.4. The molecule has 0 N–H and O–H groups in total. The molecule has 0 amide bonds. The van der Waals surface area contributed by atoms with Crippen LogP contribution >= 0.6 is 0 Å². The lowest BCUT2D eigenvalue weighted by Gasteiger charge is -2.63. The average molecular weight is 565 g/mol. The number of fused-ring (bicyclic) bond motifs is 2. The monoisotopic (exact) mass is 564 g/mol. The van der Waals surface area contributed by atoms with E-state index in [0.29, 0.717) is 17.1 Å². The quantitative estimate of drug-likeness (QED) is 0.497. The standard InChI is InChI=1S/C34H28O8/c35-21-14-22(16-7-3-1-4-8-16)40-33-28(21)19-12-26(37)42-32(19)29-18-11-25-34(30(29)33,20-13-27(38)41-31(18)20)24(36)15-23(39-25)17-9-5-2-6-10-17/h1-11,18-20,22-23,29-32H,12-15H2/t18?,19-,20+,22+,23+,29-,30?,31+,32-,34?/m1/s1. The summed E-state index contributed by atoms with van der Waals surface area (Å²) in [5.74, 6) is -2.11. The molecule has 10 rings (SSSR count). The third-order valence-electron chi connectivity index (χ3n) is 10.8. The summed E-state index contributed by atoms with van der Waals surface area (Å²) in [7, 11) is 0. The number of ketones is 2. The number of carbonyl (C=O) groups is 4. The van der Waals surface area contributed by atoms with E-state index >= 15 is 0 Å². The molecule has 10 atom stereocenters. The number of esters is 2. The lowest BCUT2D eigenvalue weighted by molar-refractivity contribution is -0.198.